The molecule has 0 saturated heterocycles. The summed E-state index contributed by atoms with van der Waals surface area (Å²) < 4.78 is 0. The van der Waals surface area contributed by atoms with Crippen LogP contribution in [0.3, 0.4) is 0 Å². The summed E-state index contributed by atoms with van der Waals surface area (Å²) >= 11 is 0. The molecule has 0 fully saturated rings. The van der Waals surface area contributed by atoms with Crippen molar-refractivity contribution in [3.63, 3.8) is 0 Å². The van der Waals surface area contributed by atoms with Crippen molar-refractivity contribution in [2.75, 3.05) is 11.5 Å². The van der Waals surface area contributed by atoms with E-state index in [0.29, 0.717) is 0 Å². The number of hydrogen-bond acceptors (Lipinski definition) is 2. The van der Waals surface area contributed by atoms with Crippen LogP contribution in [-0.2, 0) is 19.3 Å². The van der Waals surface area contributed by atoms with Crippen LogP contribution in [0.5, 0.6) is 0 Å². The molecule has 0 atom stereocenters. The fourth-order valence-electron chi connectivity index (χ4n) is 2.50. The minimum Gasteiger partial charge on any atom is -0.399 e. The third kappa shape index (κ3) is 3.08. The third-order valence-corrected chi connectivity index (χ3v) is 3.60. The van der Waals surface area contributed by atoms with E-state index in [9.17, 15) is 0 Å². The van der Waals surface area contributed by atoms with Crippen molar-refractivity contribution in [2.24, 2.45) is 0 Å². The Kier molecular flexibility index (Phi) is 4.10. The second-order valence-corrected chi connectivity index (χ2v) is 4.94. The summed E-state index contributed by atoms with van der Waals surface area (Å²) in [6.07, 6.45) is 2.97. The highest BCUT2D eigenvalue weighted by Gasteiger charge is 2.06. The Balaban J connectivity index is 2.36. The number of anilines is 2. The van der Waals surface area contributed by atoms with Gasteiger partial charge in [0.25, 0.3) is 0 Å². The Morgan fingerprint density at radius 2 is 1.11 bits per heavy atom. The van der Waals surface area contributed by atoms with Gasteiger partial charge in [0.15, 0.2) is 0 Å². The second-order valence-electron chi connectivity index (χ2n) is 4.94. The average molecular weight is 254 g/mol. The molecule has 100 valence electrons. The maximum Gasteiger partial charge on any atom is 0.0316 e. The van der Waals surface area contributed by atoms with Crippen LogP contribution in [0.25, 0.3) is 0 Å². The van der Waals surface area contributed by atoms with E-state index in [1.165, 1.54) is 22.3 Å². The van der Waals surface area contributed by atoms with E-state index in [-0.39, 0.29) is 0 Å². The van der Waals surface area contributed by atoms with Gasteiger partial charge < -0.3 is 11.5 Å². The molecular weight excluding hydrogens is 232 g/mol. The first kappa shape index (κ1) is 13.5. The second kappa shape index (κ2) is 5.79. The maximum absolute atomic E-state index is 5.86. The fourth-order valence-corrected chi connectivity index (χ4v) is 2.50. The van der Waals surface area contributed by atoms with Crippen LogP contribution in [0.15, 0.2) is 36.4 Å². The number of nitrogen functional groups attached to an aromatic ring is 2. The largest absolute Gasteiger partial charge is 0.399 e. The van der Waals surface area contributed by atoms with E-state index >= 15 is 0 Å². The van der Waals surface area contributed by atoms with Crippen LogP contribution in [0, 0.1) is 0 Å². The molecule has 0 aromatic heterocycles. The van der Waals surface area contributed by atoms with E-state index < -0.39 is 0 Å². The molecule has 0 unspecified atom stereocenters. The quantitative estimate of drug-likeness (QED) is 0.820. The number of benzene rings is 2. The predicted molar refractivity (Wildman–Crippen MR) is 83.3 cm³/mol. The Morgan fingerprint density at radius 3 is 1.47 bits per heavy atom. The van der Waals surface area contributed by atoms with Gasteiger partial charge in [0.1, 0.15) is 0 Å². The number of nitrogens with two attached hydrogens (primary N) is 2. The van der Waals surface area contributed by atoms with E-state index in [0.717, 1.165) is 30.6 Å². The maximum atomic E-state index is 5.86. The van der Waals surface area contributed by atoms with Crippen LogP contribution in [-0.4, -0.2) is 0 Å². The molecular formula is C17H22N2. The molecule has 2 aromatic rings. The molecule has 2 aromatic carbocycles. The van der Waals surface area contributed by atoms with Gasteiger partial charge in [-0.3, -0.25) is 0 Å². The Hall–Kier alpha value is -1.96. The highest BCUT2D eigenvalue weighted by atomic mass is 14.5. The monoisotopic (exact) mass is 254 g/mol. The minimum atomic E-state index is 0.841. The van der Waals surface area contributed by atoms with Crippen molar-refractivity contribution in [2.45, 2.75) is 33.1 Å². The minimum absolute atomic E-state index is 0.841. The molecule has 19 heavy (non-hydrogen) atoms. The lowest BCUT2D eigenvalue weighted by Crippen LogP contribution is -2.00. The standard InChI is InChI=1S/C17H22N2/c1-3-12-10-16(18)7-5-14(12)9-15-6-8-17(19)11-13(15)4-2/h5-8,10-11H,3-4,9,18-19H2,1-2H3. The van der Waals surface area contributed by atoms with Crippen molar-refractivity contribution in [1.82, 2.24) is 0 Å². The van der Waals surface area contributed by atoms with Crippen LogP contribution in [0.1, 0.15) is 36.1 Å². The van der Waals surface area contributed by atoms with Crippen LogP contribution in [0.4, 0.5) is 11.4 Å². The third-order valence-electron chi connectivity index (χ3n) is 3.60. The zero-order chi connectivity index (χ0) is 13.8. The lowest BCUT2D eigenvalue weighted by Gasteiger charge is -2.12. The van der Waals surface area contributed by atoms with Crippen LogP contribution in [0.2, 0.25) is 0 Å². The number of rotatable bonds is 4. The van der Waals surface area contributed by atoms with Crippen molar-refractivity contribution in [3.05, 3.63) is 58.7 Å². The normalized spacial score (nSPS) is 10.6. The molecule has 0 spiro atoms. The Bertz CT molecular complexity index is 522. The van der Waals surface area contributed by atoms with Crippen LogP contribution < -0.4 is 11.5 Å². The summed E-state index contributed by atoms with van der Waals surface area (Å²) in [7, 11) is 0. The van der Waals surface area contributed by atoms with E-state index in [2.05, 4.69) is 38.1 Å². The van der Waals surface area contributed by atoms with Gasteiger partial charge in [-0.1, -0.05) is 26.0 Å². The summed E-state index contributed by atoms with van der Waals surface area (Å²) in [6.45, 7) is 4.34. The molecule has 2 nitrogen and oxygen atoms in total. The molecule has 2 heteroatoms. The number of hydrogen-bond donors (Lipinski definition) is 2. The van der Waals surface area contributed by atoms with Gasteiger partial charge in [0.2, 0.25) is 0 Å². The molecule has 4 N–H and O–H groups in total. The first-order valence-electron chi connectivity index (χ1n) is 6.88. The van der Waals surface area contributed by atoms with E-state index in [4.69, 9.17) is 11.5 Å². The lowest BCUT2D eigenvalue weighted by molar-refractivity contribution is 1.02. The van der Waals surface area contributed by atoms with E-state index in [1.807, 2.05) is 12.1 Å². The van der Waals surface area contributed by atoms with Crippen molar-refractivity contribution < 1.29 is 0 Å². The lowest BCUT2D eigenvalue weighted by atomic mass is 9.94. The van der Waals surface area contributed by atoms with Gasteiger partial charge in [-0.05, 0) is 65.8 Å². The van der Waals surface area contributed by atoms with Gasteiger partial charge in [0, 0.05) is 11.4 Å². The molecule has 0 bridgehead atoms. The summed E-state index contributed by atoms with van der Waals surface area (Å²) in [5.41, 5.74) is 18.8. The first-order chi connectivity index (χ1) is 9.13. The molecule has 0 aliphatic carbocycles. The molecule has 0 amide bonds. The van der Waals surface area contributed by atoms with Gasteiger partial charge in [-0.15, -0.1) is 0 Å². The summed E-state index contributed by atoms with van der Waals surface area (Å²) in [4.78, 5) is 0. The highest BCUT2D eigenvalue weighted by Crippen LogP contribution is 2.22. The fraction of sp³-hybridized carbons (Fsp3) is 0.294. The zero-order valence-electron chi connectivity index (χ0n) is 11.7. The predicted octanol–water partition coefficient (Wildman–Crippen LogP) is 3.57. The topological polar surface area (TPSA) is 52.0 Å². The average Bonchev–Trinajstić information content (AvgIpc) is 2.42. The van der Waals surface area contributed by atoms with Crippen molar-refractivity contribution in [3.8, 4) is 0 Å². The smallest absolute Gasteiger partial charge is 0.0316 e. The van der Waals surface area contributed by atoms with E-state index in [1.54, 1.807) is 0 Å². The Labute approximate surface area is 115 Å². The van der Waals surface area contributed by atoms with Gasteiger partial charge in [0.05, 0.1) is 0 Å². The van der Waals surface area contributed by atoms with Gasteiger partial charge >= 0.3 is 0 Å². The molecule has 2 rings (SSSR count). The zero-order valence-corrected chi connectivity index (χ0v) is 11.7. The van der Waals surface area contributed by atoms with Crippen LogP contribution >= 0.6 is 0 Å². The molecule has 0 aliphatic heterocycles. The molecule has 0 aliphatic rings. The molecule has 0 radical (unpaired) electrons. The highest BCUT2D eigenvalue weighted by molar-refractivity contribution is 5.49. The number of aryl methyl sites for hydroxylation is 2. The van der Waals surface area contributed by atoms with Crippen molar-refractivity contribution in [1.29, 1.82) is 0 Å². The summed E-state index contributed by atoms with van der Waals surface area (Å²) in [5.74, 6) is 0. The van der Waals surface area contributed by atoms with Crippen molar-refractivity contribution >= 4 is 11.4 Å². The summed E-state index contributed by atoms with van der Waals surface area (Å²) in [6, 6.07) is 12.4. The molecule has 0 saturated carbocycles. The van der Waals surface area contributed by atoms with Gasteiger partial charge in [-0.2, -0.15) is 0 Å². The first-order valence-corrected chi connectivity index (χ1v) is 6.88. The SMILES string of the molecule is CCc1cc(N)ccc1Cc1ccc(N)cc1CC. The molecule has 0 heterocycles. The summed E-state index contributed by atoms with van der Waals surface area (Å²) in [5, 5.41) is 0. The Morgan fingerprint density at radius 1 is 0.684 bits per heavy atom. The van der Waals surface area contributed by atoms with Gasteiger partial charge in [-0.25, -0.2) is 0 Å².